The number of rotatable bonds is 6. The van der Waals surface area contributed by atoms with Gasteiger partial charge in [0.25, 0.3) is 0 Å². The molecule has 4 nitrogen and oxygen atoms in total. The van der Waals surface area contributed by atoms with Gasteiger partial charge in [0.2, 0.25) is 0 Å². The van der Waals surface area contributed by atoms with Gasteiger partial charge in [0, 0.05) is 7.11 Å². The largest absolute Gasteiger partial charge is 0.379 e. The van der Waals surface area contributed by atoms with Gasteiger partial charge in [0.05, 0.1) is 6.10 Å². The monoisotopic (exact) mass is 320 g/mol. The second kappa shape index (κ2) is 6.94. The summed E-state index contributed by atoms with van der Waals surface area (Å²) in [7, 11) is -2.14. The van der Waals surface area contributed by atoms with E-state index >= 15 is 0 Å². The van der Waals surface area contributed by atoms with Crippen molar-refractivity contribution in [3.05, 3.63) is 60.2 Å². The first-order valence-electron chi connectivity index (χ1n) is 7.06. The highest BCUT2D eigenvalue weighted by Gasteiger charge is 2.18. The lowest BCUT2D eigenvalue weighted by atomic mass is 9.99. The standard InChI is InChI=1S/C17H20O4S/c1-13(2)17(20-3)14-9-11-15(12-10-14)21-22(18,19)16-7-5-4-6-8-16/h4-13,17H,1-3H3. The molecule has 22 heavy (non-hydrogen) atoms. The van der Waals surface area contributed by atoms with Crippen LogP contribution in [0.1, 0.15) is 25.5 Å². The van der Waals surface area contributed by atoms with Gasteiger partial charge in [-0.15, -0.1) is 0 Å². The van der Waals surface area contributed by atoms with Crippen molar-refractivity contribution in [3.8, 4) is 5.75 Å². The highest BCUT2D eigenvalue weighted by Crippen LogP contribution is 2.27. The van der Waals surface area contributed by atoms with Crippen LogP contribution >= 0.6 is 0 Å². The van der Waals surface area contributed by atoms with Crippen LogP contribution in [0.25, 0.3) is 0 Å². The number of benzene rings is 2. The predicted molar refractivity (Wildman–Crippen MR) is 85.3 cm³/mol. The zero-order valence-electron chi connectivity index (χ0n) is 12.9. The number of hydrogen-bond acceptors (Lipinski definition) is 4. The van der Waals surface area contributed by atoms with Gasteiger partial charge < -0.3 is 8.92 Å². The van der Waals surface area contributed by atoms with E-state index in [0.717, 1.165) is 5.56 Å². The molecule has 0 bridgehead atoms. The van der Waals surface area contributed by atoms with Crippen molar-refractivity contribution in [2.75, 3.05) is 7.11 Å². The Kier molecular flexibility index (Phi) is 5.21. The van der Waals surface area contributed by atoms with E-state index in [-0.39, 0.29) is 16.7 Å². The minimum atomic E-state index is -3.80. The maximum absolute atomic E-state index is 12.1. The van der Waals surface area contributed by atoms with E-state index in [0.29, 0.717) is 5.92 Å². The van der Waals surface area contributed by atoms with Gasteiger partial charge in [-0.25, -0.2) is 0 Å². The van der Waals surface area contributed by atoms with Crippen LogP contribution in [0.15, 0.2) is 59.5 Å². The molecule has 0 heterocycles. The molecule has 0 aliphatic heterocycles. The first-order valence-corrected chi connectivity index (χ1v) is 8.47. The van der Waals surface area contributed by atoms with Crippen molar-refractivity contribution < 1.29 is 17.3 Å². The molecule has 0 aliphatic rings. The molecule has 0 radical (unpaired) electrons. The minimum Gasteiger partial charge on any atom is -0.379 e. The molecule has 0 amide bonds. The highest BCUT2D eigenvalue weighted by atomic mass is 32.2. The van der Waals surface area contributed by atoms with Gasteiger partial charge in [-0.3, -0.25) is 0 Å². The van der Waals surface area contributed by atoms with Crippen molar-refractivity contribution in [2.45, 2.75) is 24.8 Å². The van der Waals surface area contributed by atoms with Crippen LogP contribution in [-0.4, -0.2) is 15.5 Å². The van der Waals surface area contributed by atoms with Crippen molar-refractivity contribution >= 4 is 10.1 Å². The van der Waals surface area contributed by atoms with E-state index in [1.807, 2.05) is 12.1 Å². The Balaban J connectivity index is 2.18. The molecule has 0 saturated carbocycles. The Bertz CT molecular complexity index is 691. The summed E-state index contributed by atoms with van der Waals surface area (Å²) >= 11 is 0. The third-order valence-corrected chi connectivity index (χ3v) is 4.57. The van der Waals surface area contributed by atoms with Crippen LogP contribution in [-0.2, 0) is 14.9 Å². The van der Waals surface area contributed by atoms with Crippen LogP contribution in [0, 0.1) is 5.92 Å². The van der Waals surface area contributed by atoms with Crippen LogP contribution in [0.4, 0.5) is 0 Å². The van der Waals surface area contributed by atoms with Crippen LogP contribution < -0.4 is 4.18 Å². The molecule has 0 spiro atoms. The average Bonchev–Trinajstić information content (AvgIpc) is 2.50. The smallest absolute Gasteiger partial charge is 0.339 e. The highest BCUT2D eigenvalue weighted by molar-refractivity contribution is 7.87. The number of ether oxygens (including phenoxy) is 1. The Morgan fingerprint density at radius 1 is 0.909 bits per heavy atom. The average molecular weight is 320 g/mol. The third-order valence-electron chi connectivity index (χ3n) is 3.31. The molecule has 118 valence electrons. The summed E-state index contributed by atoms with van der Waals surface area (Å²) in [6.45, 7) is 4.14. The molecule has 0 N–H and O–H groups in total. The molecule has 2 aromatic rings. The fraction of sp³-hybridized carbons (Fsp3) is 0.294. The van der Waals surface area contributed by atoms with Gasteiger partial charge in [0.15, 0.2) is 0 Å². The van der Waals surface area contributed by atoms with Gasteiger partial charge in [-0.2, -0.15) is 8.42 Å². The number of methoxy groups -OCH3 is 1. The first kappa shape index (κ1) is 16.5. The van der Waals surface area contributed by atoms with E-state index in [9.17, 15) is 8.42 Å². The summed E-state index contributed by atoms with van der Waals surface area (Å²) in [6, 6.07) is 15.0. The van der Waals surface area contributed by atoms with Crippen molar-refractivity contribution in [2.24, 2.45) is 5.92 Å². The molecule has 0 saturated heterocycles. The van der Waals surface area contributed by atoms with Gasteiger partial charge in [0.1, 0.15) is 10.6 Å². The van der Waals surface area contributed by atoms with E-state index < -0.39 is 10.1 Å². The molecular weight excluding hydrogens is 300 g/mol. The molecular formula is C17H20O4S. The second-order valence-electron chi connectivity index (χ2n) is 5.32. The summed E-state index contributed by atoms with van der Waals surface area (Å²) in [5.74, 6) is 0.607. The quantitative estimate of drug-likeness (QED) is 0.760. The fourth-order valence-corrected chi connectivity index (χ4v) is 3.22. The van der Waals surface area contributed by atoms with Gasteiger partial charge >= 0.3 is 10.1 Å². The van der Waals surface area contributed by atoms with E-state index in [2.05, 4.69) is 13.8 Å². The third kappa shape index (κ3) is 3.87. The minimum absolute atomic E-state index is 0.0280. The lowest BCUT2D eigenvalue weighted by Crippen LogP contribution is -2.11. The lowest BCUT2D eigenvalue weighted by Gasteiger charge is -2.19. The molecule has 0 aromatic heterocycles. The lowest BCUT2D eigenvalue weighted by molar-refractivity contribution is 0.0646. The Morgan fingerprint density at radius 3 is 2.00 bits per heavy atom. The summed E-state index contributed by atoms with van der Waals surface area (Å²) in [6.07, 6.45) is -0.0280. The van der Waals surface area contributed by atoms with Crippen molar-refractivity contribution in [1.29, 1.82) is 0 Å². The summed E-state index contributed by atoms with van der Waals surface area (Å²) in [4.78, 5) is 0.135. The number of hydrogen-bond donors (Lipinski definition) is 0. The van der Waals surface area contributed by atoms with Crippen LogP contribution in [0.5, 0.6) is 5.75 Å². The molecule has 0 fully saturated rings. The molecule has 1 atom stereocenters. The maximum Gasteiger partial charge on any atom is 0.339 e. The molecule has 1 unspecified atom stereocenters. The van der Waals surface area contributed by atoms with E-state index in [1.54, 1.807) is 37.4 Å². The summed E-state index contributed by atoms with van der Waals surface area (Å²) in [5, 5.41) is 0. The zero-order chi connectivity index (χ0) is 16.2. The van der Waals surface area contributed by atoms with Crippen molar-refractivity contribution in [3.63, 3.8) is 0 Å². The summed E-state index contributed by atoms with van der Waals surface area (Å²) < 4.78 is 34.9. The SMILES string of the molecule is COC(c1ccc(OS(=O)(=O)c2ccccc2)cc1)C(C)C. The molecule has 5 heteroatoms. The first-order chi connectivity index (χ1) is 10.4. The normalized spacial score (nSPS) is 13.1. The Labute approximate surface area is 131 Å². The fourth-order valence-electron chi connectivity index (χ4n) is 2.27. The van der Waals surface area contributed by atoms with Crippen LogP contribution in [0.2, 0.25) is 0 Å². The molecule has 2 aromatic carbocycles. The second-order valence-corrected chi connectivity index (χ2v) is 6.87. The maximum atomic E-state index is 12.1. The zero-order valence-corrected chi connectivity index (χ0v) is 13.7. The van der Waals surface area contributed by atoms with Gasteiger partial charge in [-0.05, 0) is 35.7 Å². The predicted octanol–water partition coefficient (Wildman–Crippen LogP) is 3.80. The topological polar surface area (TPSA) is 52.6 Å². The van der Waals surface area contributed by atoms with Crippen molar-refractivity contribution in [1.82, 2.24) is 0 Å². The molecule has 0 aliphatic carbocycles. The summed E-state index contributed by atoms with van der Waals surface area (Å²) in [5.41, 5.74) is 0.988. The molecule has 2 rings (SSSR count). The van der Waals surface area contributed by atoms with Gasteiger partial charge in [-0.1, -0.05) is 44.2 Å². The van der Waals surface area contributed by atoms with E-state index in [4.69, 9.17) is 8.92 Å². The van der Waals surface area contributed by atoms with E-state index in [1.165, 1.54) is 12.1 Å². The Hall–Kier alpha value is -1.85. The Morgan fingerprint density at radius 2 is 1.50 bits per heavy atom. The van der Waals surface area contributed by atoms with Crippen LogP contribution in [0.3, 0.4) is 0 Å².